The predicted molar refractivity (Wildman–Crippen MR) is 252 cm³/mol. The molecule has 20 nitrogen and oxygen atoms in total. The van der Waals surface area contributed by atoms with Crippen LogP contribution in [0.3, 0.4) is 0 Å². The van der Waals surface area contributed by atoms with Crippen LogP contribution in [0.5, 0.6) is 0 Å². The topological polar surface area (TPSA) is 222 Å². The van der Waals surface area contributed by atoms with Gasteiger partial charge in [0.1, 0.15) is 39.2 Å². The van der Waals surface area contributed by atoms with Crippen LogP contribution < -0.4 is 11.4 Å². The average molecular weight is 972 g/mol. The number of rotatable bonds is 7. The molecule has 344 valence electrons. The van der Waals surface area contributed by atoms with Gasteiger partial charge in [0.05, 0.1) is 48.7 Å². The number of imidazole rings is 2. The fourth-order valence-corrected chi connectivity index (χ4v) is 9.33. The summed E-state index contributed by atoms with van der Waals surface area (Å²) in [6, 6.07) is 3.80. The van der Waals surface area contributed by atoms with Crippen LogP contribution in [-0.2, 0) is 23.6 Å². The van der Waals surface area contributed by atoms with Crippen molar-refractivity contribution in [2.75, 3.05) is 13.2 Å². The van der Waals surface area contributed by atoms with Crippen molar-refractivity contribution in [1.82, 2.24) is 68.2 Å². The van der Waals surface area contributed by atoms with Crippen LogP contribution in [0.15, 0.2) is 110 Å². The highest BCUT2D eigenvalue weighted by atomic mass is 79.9. The van der Waals surface area contributed by atoms with Crippen LogP contribution in [0.2, 0.25) is 0 Å². The summed E-state index contributed by atoms with van der Waals surface area (Å²) in [4.78, 5) is 55.0. The van der Waals surface area contributed by atoms with Crippen molar-refractivity contribution in [2.24, 2.45) is 14.1 Å². The predicted octanol–water partition coefficient (Wildman–Crippen LogP) is 7.49. The third-order valence-electron chi connectivity index (χ3n) is 12.2. The summed E-state index contributed by atoms with van der Waals surface area (Å²) < 4.78 is 33.6. The number of aryl methyl sites for hydroxylation is 2. The van der Waals surface area contributed by atoms with Crippen LogP contribution in [0.1, 0.15) is 64.5 Å². The second-order valence-electron chi connectivity index (χ2n) is 16.5. The minimum absolute atomic E-state index is 0.00638. The number of fused-ring (bicyclic) bond motifs is 6. The number of aromatic nitrogens is 14. The molecule has 0 amide bonds. The number of aromatic amines is 1. The number of ether oxygens (including phenoxy) is 2. The molecule has 0 spiro atoms. The zero-order valence-electron chi connectivity index (χ0n) is 37.2. The maximum atomic E-state index is 13.5. The number of furan rings is 2. The SMILES string of the molecule is CC[C@H]1C[C@@H](n2c(=O)nc(-c3cnn(C)c3)c3oc4cnc(-n5ccnc5)cc4c32)CCO1.CC[C@H]1C[C@@H](n2c(=O)nc(-c3cnn(C)c3)c3oc4cnc(Br)cc4c32)CCO1.c1c[nH]cn1. The van der Waals surface area contributed by atoms with E-state index in [9.17, 15) is 9.59 Å². The number of nitrogens with zero attached hydrogens (tertiary/aromatic N) is 13. The Morgan fingerprint density at radius 1 is 0.731 bits per heavy atom. The van der Waals surface area contributed by atoms with E-state index in [1.807, 2.05) is 49.4 Å². The molecule has 0 aliphatic carbocycles. The Bertz CT molecular complexity index is 3420. The molecule has 2 saturated heterocycles. The summed E-state index contributed by atoms with van der Waals surface area (Å²) >= 11 is 3.44. The molecule has 0 bridgehead atoms. The molecule has 10 aromatic heterocycles. The Balaban J connectivity index is 0.000000143. The molecule has 0 saturated carbocycles. The molecule has 12 heterocycles. The van der Waals surface area contributed by atoms with E-state index in [1.54, 1.807) is 74.5 Å². The largest absolute Gasteiger partial charge is 0.450 e. The number of halogens is 1. The van der Waals surface area contributed by atoms with E-state index in [-0.39, 0.29) is 35.7 Å². The van der Waals surface area contributed by atoms with Crippen molar-refractivity contribution in [1.29, 1.82) is 0 Å². The molecule has 0 radical (unpaired) electrons. The fourth-order valence-electron chi connectivity index (χ4n) is 9.00. The van der Waals surface area contributed by atoms with Crippen molar-refractivity contribution in [3.05, 3.63) is 112 Å². The zero-order chi connectivity index (χ0) is 46.2. The van der Waals surface area contributed by atoms with Crippen LogP contribution >= 0.6 is 15.9 Å². The normalized spacial score (nSPS) is 18.6. The second-order valence-corrected chi connectivity index (χ2v) is 17.3. The lowest BCUT2D eigenvalue weighted by atomic mass is 10.0. The first-order chi connectivity index (χ1) is 32.7. The van der Waals surface area contributed by atoms with Crippen molar-refractivity contribution in [3.8, 4) is 28.3 Å². The smallest absolute Gasteiger partial charge is 0.349 e. The number of hydrogen-bond acceptors (Lipinski definition) is 14. The molecule has 21 heteroatoms. The highest BCUT2D eigenvalue weighted by Gasteiger charge is 2.31. The number of nitrogens with one attached hydrogen (secondary N) is 1. The molecule has 0 unspecified atom stereocenters. The first-order valence-electron chi connectivity index (χ1n) is 22.1. The molecule has 4 atom stereocenters. The van der Waals surface area contributed by atoms with Gasteiger partial charge in [-0.05, 0) is 66.6 Å². The van der Waals surface area contributed by atoms with Crippen LogP contribution in [0.25, 0.3) is 72.5 Å². The van der Waals surface area contributed by atoms with Crippen LogP contribution in [-0.4, -0.2) is 93.6 Å². The maximum Gasteiger partial charge on any atom is 0.349 e. The Hall–Kier alpha value is -7.10. The molecular formula is C46H47BrN14O6. The first-order valence-corrected chi connectivity index (χ1v) is 22.9. The fraction of sp³-hybridized carbons (Fsp3) is 0.348. The Labute approximate surface area is 389 Å². The highest BCUT2D eigenvalue weighted by molar-refractivity contribution is 9.10. The van der Waals surface area contributed by atoms with Gasteiger partial charge in [-0.1, -0.05) is 13.8 Å². The molecular weight excluding hydrogens is 925 g/mol. The highest BCUT2D eigenvalue weighted by Crippen LogP contribution is 2.39. The van der Waals surface area contributed by atoms with E-state index in [4.69, 9.17) is 18.3 Å². The van der Waals surface area contributed by atoms with Gasteiger partial charge in [0.2, 0.25) is 0 Å². The van der Waals surface area contributed by atoms with Crippen molar-refractivity contribution >= 4 is 60.1 Å². The lowest BCUT2D eigenvalue weighted by Gasteiger charge is -2.30. The minimum Gasteiger partial charge on any atom is -0.450 e. The summed E-state index contributed by atoms with van der Waals surface area (Å²) in [5.74, 6) is 0.694. The quantitative estimate of drug-likeness (QED) is 0.153. The molecule has 2 fully saturated rings. The molecule has 12 rings (SSSR count). The van der Waals surface area contributed by atoms with E-state index in [1.165, 1.54) is 0 Å². The Kier molecular flexibility index (Phi) is 12.2. The Morgan fingerprint density at radius 2 is 1.30 bits per heavy atom. The van der Waals surface area contributed by atoms with E-state index < -0.39 is 0 Å². The first kappa shape index (κ1) is 43.8. The number of hydrogen-bond donors (Lipinski definition) is 1. The van der Waals surface area contributed by atoms with E-state index >= 15 is 0 Å². The molecule has 2 aliphatic rings. The van der Waals surface area contributed by atoms with Gasteiger partial charge >= 0.3 is 11.4 Å². The molecule has 10 aromatic rings. The molecule has 2 aliphatic heterocycles. The summed E-state index contributed by atoms with van der Waals surface area (Å²) in [7, 11) is 3.66. The summed E-state index contributed by atoms with van der Waals surface area (Å²) in [6.45, 7) is 5.44. The second kappa shape index (κ2) is 18.6. The van der Waals surface area contributed by atoms with Gasteiger partial charge in [-0.3, -0.25) is 23.1 Å². The number of H-pyrrole nitrogens is 1. The summed E-state index contributed by atoms with van der Waals surface area (Å²) in [5.41, 5.74) is 5.71. The monoisotopic (exact) mass is 970 g/mol. The molecule has 1 N–H and O–H groups in total. The van der Waals surface area contributed by atoms with E-state index in [0.29, 0.717) is 57.4 Å². The maximum absolute atomic E-state index is 13.5. The van der Waals surface area contributed by atoms with Gasteiger partial charge in [-0.25, -0.2) is 29.5 Å². The average Bonchev–Trinajstić information content (AvgIpc) is 4.22. The van der Waals surface area contributed by atoms with Gasteiger partial charge < -0.3 is 23.3 Å². The van der Waals surface area contributed by atoms with E-state index in [2.05, 4.69) is 74.9 Å². The summed E-state index contributed by atoms with van der Waals surface area (Å²) in [6.07, 6.45) is 25.8. The Morgan fingerprint density at radius 3 is 1.76 bits per heavy atom. The van der Waals surface area contributed by atoms with Gasteiger partial charge in [-0.2, -0.15) is 20.2 Å². The van der Waals surface area contributed by atoms with Crippen molar-refractivity contribution < 1.29 is 18.3 Å². The van der Waals surface area contributed by atoms with Crippen LogP contribution in [0.4, 0.5) is 0 Å². The van der Waals surface area contributed by atoms with Gasteiger partial charge in [0.25, 0.3) is 0 Å². The van der Waals surface area contributed by atoms with Gasteiger partial charge in [-0.15, -0.1) is 0 Å². The van der Waals surface area contributed by atoms with Crippen molar-refractivity contribution in [2.45, 2.75) is 76.7 Å². The third-order valence-corrected chi connectivity index (χ3v) is 12.7. The molecule has 0 aromatic carbocycles. The van der Waals surface area contributed by atoms with E-state index in [0.717, 1.165) is 71.5 Å². The zero-order valence-corrected chi connectivity index (χ0v) is 38.8. The van der Waals surface area contributed by atoms with Crippen molar-refractivity contribution in [3.63, 3.8) is 0 Å². The summed E-state index contributed by atoms with van der Waals surface area (Å²) in [5, 5.41) is 10.1. The van der Waals surface area contributed by atoms with Gasteiger partial charge in [0, 0.05) is 93.1 Å². The standard InChI is InChI=1S/C23H23N7O3.C20H20BrN5O3.C3H4N2/c1-3-16-8-15(4-7-32-16)30-21-17-9-19(29-6-5-24-13-29)25-11-18(17)33-22(21)20(27-23(30)31)14-10-26-28(2)12-14;1-3-13-6-12(4-5-28-13)26-18-14-7-16(21)22-9-15(14)29-19(18)17(24-20(26)27)11-8-23-25(2)10-11;1-2-5-3-4-1/h5-6,9-13,15-16H,3-4,7-8H2,1-2H3;7-10,12-13H,3-6H2,1-2H3;1-3H,(H,4,5)/t15-,16-;12-,13-;/m00./s1. The lowest BCUT2D eigenvalue weighted by molar-refractivity contribution is -0.00725. The lowest BCUT2D eigenvalue weighted by Crippen LogP contribution is -2.34. The molecule has 67 heavy (non-hydrogen) atoms. The minimum atomic E-state index is -0.299. The number of pyridine rings is 2. The van der Waals surface area contributed by atoms with Crippen LogP contribution in [0, 0.1) is 0 Å². The van der Waals surface area contributed by atoms with Gasteiger partial charge in [0.15, 0.2) is 22.3 Å². The third kappa shape index (κ3) is 8.60.